The van der Waals surface area contributed by atoms with Gasteiger partial charge in [-0.05, 0) is 30.2 Å². The molecule has 0 saturated carbocycles. The van der Waals surface area contributed by atoms with Gasteiger partial charge in [-0.2, -0.15) is 0 Å². The summed E-state index contributed by atoms with van der Waals surface area (Å²) in [5.41, 5.74) is 2.19. The van der Waals surface area contributed by atoms with Crippen molar-refractivity contribution in [3.8, 4) is 0 Å². The predicted octanol–water partition coefficient (Wildman–Crippen LogP) is 4.77. The van der Waals surface area contributed by atoms with Gasteiger partial charge in [0.25, 0.3) is 5.91 Å². The zero-order chi connectivity index (χ0) is 19.0. The predicted molar refractivity (Wildman–Crippen MR) is 102 cm³/mol. The van der Waals surface area contributed by atoms with Crippen LogP contribution in [0.25, 0.3) is 0 Å². The summed E-state index contributed by atoms with van der Waals surface area (Å²) in [6.07, 6.45) is 0. The lowest BCUT2D eigenvalue weighted by molar-refractivity contribution is -0.119. The van der Waals surface area contributed by atoms with E-state index in [1.165, 1.54) is 4.90 Å². The maximum absolute atomic E-state index is 12.9. The number of aliphatic hydroxyl groups is 1. The maximum atomic E-state index is 12.9. The van der Waals surface area contributed by atoms with E-state index in [9.17, 15) is 14.7 Å². The highest BCUT2D eigenvalue weighted by Crippen LogP contribution is 2.43. The number of aliphatic hydroxyl groups excluding tert-OH is 1. The molecule has 1 atom stereocenters. The van der Waals surface area contributed by atoms with Crippen molar-refractivity contribution in [2.24, 2.45) is 5.92 Å². The van der Waals surface area contributed by atoms with Gasteiger partial charge in [-0.1, -0.05) is 61.8 Å². The smallest absolute Gasteiger partial charge is 0.294 e. The first-order valence-corrected chi connectivity index (χ1v) is 8.83. The second-order valence-corrected chi connectivity index (χ2v) is 7.06. The Balaban J connectivity index is 2.23. The summed E-state index contributed by atoms with van der Waals surface area (Å²) >= 11 is 6.24. The molecule has 0 spiro atoms. The summed E-state index contributed by atoms with van der Waals surface area (Å²) in [4.78, 5) is 27.2. The van der Waals surface area contributed by atoms with Crippen molar-refractivity contribution in [3.63, 3.8) is 0 Å². The first kappa shape index (κ1) is 18.2. The molecule has 4 nitrogen and oxygen atoms in total. The molecule has 0 fully saturated rings. The summed E-state index contributed by atoms with van der Waals surface area (Å²) in [7, 11) is 0. The van der Waals surface area contributed by atoms with Gasteiger partial charge in [0.15, 0.2) is 11.5 Å². The highest BCUT2D eigenvalue weighted by Gasteiger charge is 2.45. The van der Waals surface area contributed by atoms with Gasteiger partial charge in [0.2, 0.25) is 0 Å². The van der Waals surface area contributed by atoms with E-state index < -0.39 is 17.7 Å². The number of carbonyl (C=O) groups is 2. The zero-order valence-corrected chi connectivity index (χ0v) is 15.6. The van der Waals surface area contributed by atoms with Crippen LogP contribution < -0.4 is 4.90 Å². The Morgan fingerprint density at radius 3 is 2.38 bits per heavy atom. The fraction of sp³-hybridized carbons (Fsp3) is 0.238. The molecule has 1 aliphatic rings. The number of amides is 1. The van der Waals surface area contributed by atoms with Crippen molar-refractivity contribution >= 4 is 29.0 Å². The van der Waals surface area contributed by atoms with E-state index in [1.54, 1.807) is 32.0 Å². The maximum Gasteiger partial charge on any atom is 0.294 e. The van der Waals surface area contributed by atoms with Crippen LogP contribution in [0.4, 0.5) is 5.69 Å². The van der Waals surface area contributed by atoms with Crippen LogP contribution in [0.5, 0.6) is 0 Å². The minimum Gasteiger partial charge on any atom is -0.503 e. The van der Waals surface area contributed by atoms with E-state index >= 15 is 0 Å². The Hall–Kier alpha value is -2.59. The topological polar surface area (TPSA) is 57.6 Å². The zero-order valence-electron chi connectivity index (χ0n) is 14.9. The van der Waals surface area contributed by atoms with Crippen LogP contribution in [-0.4, -0.2) is 16.8 Å². The molecule has 2 aromatic carbocycles. The number of rotatable bonds is 4. The fourth-order valence-corrected chi connectivity index (χ4v) is 3.39. The molecule has 5 heteroatoms. The van der Waals surface area contributed by atoms with Crippen molar-refractivity contribution in [3.05, 3.63) is 76.0 Å². The molecule has 2 aromatic rings. The Kier molecular flexibility index (Phi) is 4.88. The molecule has 0 aromatic heterocycles. The molecule has 26 heavy (non-hydrogen) atoms. The van der Waals surface area contributed by atoms with Crippen LogP contribution in [-0.2, 0) is 9.59 Å². The Morgan fingerprint density at radius 1 is 1.12 bits per heavy atom. The number of nitrogens with zero attached hydrogens (tertiary/aromatic N) is 1. The third kappa shape index (κ3) is 2.90. The number of Topliss-reactive ketones (excluding diaryl/α,β-unsaturated/α-hetero) is 1. The number of anilines is 1. The average Bonchev–Trinajstić information content (AvgIpc) is 2.89. The first-order chi connectivity index (χ1) is 12.3. The average molecular weight is 370 g/mol. The lowest BCUT2D eigenvalue weighted by Crippen LogP contribution is -2.32. The summed E-state index contributed by atoms with van der Waals surface area (Å²) in [5.74, 6) is -1.66. The van der Waals surface area contributed by atoms with Gasteiger partial charge in [0, 0.05) is 16.6 Å². The first-order valence-electron chi connectivity index (χ1n) is 8.45. The monoisotopic (exact) mass is 369 g/mol. The molecular weight excluding hydrogens is 350 g/mol. The lowest BCUT2D eigenvalue weighted by atomic mass is 9.91. The SMILES string of the molecule is Cc1c(Cl)cccc1N1C(=O)C(O)=C(C(=O)C(C)C)C1c1ccccc1. The normalized spacial score (nSPS) is 17.3. The molecule has 1 heterocycles. The van der Waals surface area contributed by atoms with Crippen LogP contribution in [0.2, 0.25) is 5.02 Å². The second-order valence-electron chi connectivity index (χ2n) is 6.65. The molecule has 0 bridgehead atoms. The van der Waals surface area contributed by atoms with E-state index in [-0.39, 0.29) is 17.3 Å². The van der Waals surface area contributed by atoms with Crippen LogP contribution in [0.1, 0.15) is 31.0 Å². The molecule has 0 aliphatic carbocycles. The molecule has 1 N–H and O–H groups in total. The summed E-state index contributed by atoms with van der Waals surface area (Å²) in [5, 5.41) is 11.1. The van der Waals surface area contributed by atoms with Gasteiger partial charge < -0.3 is 5.11 Å². The third-order valence-electron chi connectivity index (χ3n) is 4.61. The van der Waals surface area contributed by atoms with Crippen LogP contribution in [0.3, 0.4) is 0 Å². The standard InChI is InChI=1S/C21H20ClNO3/c1-12(2)19(24)17-18(14-8-5-4-6-9-14)23(21(26)20(17)25)16-11-7-10-15(22)13(16)3/h4-12,18,25H,1-3H3. The molecule has 134 valence electrons. The summed E-state index contributed by atoms with van der Waals surface area (Å²) in [6, 6.07) is 13.8. The van der Waals surface area contributed by atoms with E-state index in [4.69, 9.17) is 11.6 Å². The van der Waals surface area contributed by atoms with E-state index in [2.05, 4.69) is 0 Å². The van der Waals surface area contributed by atoms with Gasteiger partial charge in [-0.15, -0.1) is 0 Å². The number of benzene rings is 2. The lowest BCUT2D eigenvalue weighted by Gasteiger charge is -2.28. The number of carbonyl (C=O) groups excluding carboxylic acids is 2. The number of hydrogen-bond acceptors (Lipinski definition) is 3. The Bertz CT molecular complexity index is 903. The number of halogens is 1. The highest BCUT2D eigenvalue weighted by atomic mass is 35.5. The van der Waals surface area contributed by atoms with E-state index in [0.29, 0.717) is 10.7 Å². The van der Waals surface area contributed by atoms with Crippen molar-refractivity contribution in [2.45, 2.75) is 26.8 Å². The van der Waals surface area contributed by atoms with Gasteiger partial charge in [0.1, 0.15) is 0 Å². The Labute approximate surface area is 157 Å². The third-order valence-corrected chi connectivity index (χ3v) is 5.02. The van der Waals surface area contributed by atoms with Crippen molar-refractivity contribution < 1.29 is 14.7 Å². The molecule has 3 rings (SSSR count). The largest absolute Gasteiger partial charge is 0.503 e. The molecule has 1 aliphatic heterocycles. The van der Waals surface area contributed by atoms with Crippen molar-refractivity contribution in [2.75, 3.05) is 4.90 Å². The minimum absolute atomic E-state index is 0.135. The number of hydrogen-bond donors (Lipinski definition) is 1. The highest BCUT2D eigenvalue weighted by molar-refractivity contribution is 6.32. The second kappa shape index (κ2) is 6.96. The summed E-state index contributed by atoms with van der Waals surface area (Å²) in [6.45, 7) is 5.32. The molecule has 1 amide bonds. The minimum atomic E-state index is -0.684. The molecular formula is C21H20ClNO3. The van der Waals surface area contributed by atoms with E-state index in [0.717, 1.165) is 11.1 Å². The van der Waals surface area contributed by atoms with Crippen molar-refractivity contribution in [1.29, 1.82) is 0 Å². The van der Waals surface area contributed by atoms with Gasteiger partial charge >= 0.3 is 0 Å². The van der Waals surface area contributed by atoms with Crippen LogP contribution in [0.15, 0.2) is 59.9 Å². The quantitative estimate of drug-likeness (QED) is 0.844. The fourth-order valence-electron chi connectivity index (χ4n) is 3.22. The van der Waals surface area contributed by atoms with E-state index in [1.807, 2.05) is 37.3 Å². The van der Waals surface area contributed by atoms with Gasteiger partial charge in [0.05, 0.1) is 11.6 Å². The van der Waals surface area contributed by atoms with Crippen LogP contribution in [0, 0.1) is 12.8 Å². The summed E-state index contributed by atoms with van der Waals surface area (Å²) < 4.78 is 0. The van der Waals surface area contributed by atoms with Crippen LogP contribution >= 0.6 is 11.6 Å². The van der Waals surface area contributed by atoms with Gasteiger partial charge in [-0.25, -0.2) is 0 Å². The number of ketones is 1. The van der Waals surface area contributed by atoms with Gasteiger partial charge in [-0.3, -0.25) is 14.5 Å². The van der Waals surface area contributed by atoms with Crippen molar-refractivity contribution in [1.82, 2.24) is 0 Å². The molecule has 0 saturated heterocycles. The Morgan fingerprint density at radius 2 is 1.77 bits per heavy atom. The molecule has 1 unspecified atom stereocenters. The molecule has 0 radical (unpaired) electrons.